The summed E-state index contributed by atoms with van der Waals surface area (Å²) in [6.45, 7) is 0.431. The maximum Gasteiger partial charge on any atom is 0.347 e. The summed E-state index contributed by atoms with van der Waals surface area (Å²) in [6.07, 6.45) is 3.86. The van der Waals surface area contributed by atoms with Gasteiger partial charge in [0.05, 0.1) is 11.3 Å². The zero-order valence-corrected chi connectivity index (χ0v) is 11.3. The van der Waals surface area contributed by atoms with Gasteiger partial charge >= 0.3 is 5.69 Å². The molecule has 1 aromatic carbocycles. The molecule has 1 aromatic heterocycles. The fourth-order valence-corrected chi connectivity index (χ4v) is 1.87. The Morgan fingerprint density at radius 2 is 2.14 bits per heavy atom. The number of nitrogens with one attached hydrogen (secondary N) is 1. The smallest absolute Gasteiger partial charge is 0.325 e. The van der Waals surface area contributed by atoms with Crippen LogP contribution in [-0.2, 0) is 11.3 Å². The van der Waals surface area contributed by atoms with Crippen LogP contribution in [-0.4, -0.2) is 15.5 Å². The van der Waals surface area contributed by atoms with Crippen LogP contribution in [0.2, 0.25) is 0 Å². The van der Waals surface area contributed by atoms with Crippen molar-refractivity contribution in [3.8, 4) is 6.07 Å². The number of carbonyl (C=O) groups excluding carboxylic acids is 1. The first-order valence-electron chi connectivity index (χ1n) is 6.51. The number of aromatic nitrogens is 2. The molecule has 0 spiro atoms. The van der Waals surface area contributed by atoms with Gasteiger partial charge in [-0.25, -0.2) is 9.78 Å². The fourth-order valence-electron chi connectivity index (χ4n) is 1.87. The molecule has 0 saturated heterocycles. The molecule has 21 heavy (non-hydrogen) atoms. The van der Waals surface area contributed by atoms with Gasteiger partial charge in [0.25, 0.3) is 0 Å². The van der Waals surface area contributed by atoms with Crippen LogP contribution in [0.15, 0.2) is 47.5 Å². The number of amides is 1. The van der Waals surface area contributed by atoms with Crippen LogP contribution in [0.5, 0.6) is 0 Å². The Hall–Kier alpha value is -2.94. The Labute approximate surface area is 121 Å². The van der Waals surface area contributed by atoms with E-state index in [4.69, 9.17) is 5.26 Å². The number of aryl methyl sites for hydroxylation is 1. The zero-order valence-electron chi connectivity index (χ0n) is 11.3. The van der Waals surface area contributed by atoms with E-state index in [1.165, 1.54) is 10.8 Å². The molecule has 1 N–H and O–H groups in total. The number of carbonyl (C=O) groups is 1. The standard InChI is InChI=1S/C15H14N4O2/c16-11-12-5-1-2-6-13(12)18-14(20)7-3-9-19-10-4-8-17-15(19)21/h1-2,4-6,8,10H,3,7,9H2,(H,18,20). The SMILES string of the molecule is N#Cc1ccccc1NC(=O)CCCn1cccnc1=O. The Bertz CT molecular complexity index is 731. The van der Waals surface area contributed by atoms with Gasteiger partial charge in [0.2, 0.25) is 5.91 Å². The summed E-state index contributed by atoms with van der Waals surface area (Å²) >= 11 is 0. The predicted octanol–water partition coefficient (Wildman–Crippen LogP) is 1.53. The lowest BCUT2D eigenvalue weighted by Gasteiger charge is -2.07. The summed E-state index contributed by atoms with van der Waals surface area (Å²) in [5.41, 5.74) is 0.602. The predicted molar refractivity (Wildman–Crippen MR) is 77.5 cm³/mol. The summed E-state index contributed by atoms with van der Waals surface area (Å²) in [5.74, 6) is -0.186. The van der Waals surface area contributed by atoms with Crippen LogP contribution >= 0.6 is 0 Å². The number of rotatable bonds is 5. The molecule has 0 atom stereocenters. The second kappa shape index (κ2) is 7.01. The van der Waals surface area contributed by atoms with Gasteiger partial charge in [-0.05, 0) is 24.6 Å². The van der Waals surface area contributed by atoms with Crippen molar-refractivity contribution in [2.45, 2.75) is 19.4 Å². The lowest BCUT2D eigenvalue weighted by molar-refractivity contribution is -0.116. The first-order valence-corrected chi connectivity index (χ1v) is 6.51. The number of para-hydroxylation sites is 1. The van der Waals surface area contributed by atoms with Crippen LogP contribution in [0.25, 0.3) is 0 Å². The van der Waals surface area contributed by atoms with Gasteiger partial charge in [-0.2, -0.15) is 5.26 Å². The lowest BCUT2D eigenvalue weighted by Crippen LogP contribution is -2.22. The highest BCUT2D eigenvalue weighted by Gasteiger charge is 2.06. The first-order chi connectivity index (χ1) is 10.2. The molecule has 0 aliphatic rings. The molecule has 0 bridgehead atoms. The van der Waals surface area contributed by atoms with Crippen LogP contribution in [0, 0.1) is 11.3 Å². The third-order valence-corrected chi connectivity index (χ3v) is 2.91. The third kappa shape index (κ3) is 4.01. The monoisotopic (exact) mass is 282 g/mol. The van der Waals surface area contributed by atoms with Gasteiger partial charge in [0, 0.05) is 25.4 Å². The van der Waals surface area contributed by atoms with Crippen molar-refractivity contribution in [2.75, 3.05) is 5.32 Å². The van der Waals surface area contributed by atoms with Gasteiger partial charge in [-0.1, -0.05) is 12.1 Å². The number of anilines is 1. The molecular formula is C15H14N4O2. The molecule has 2 rings (SSSR count). The number of benzene rings is 1. The summed E-state index contributed by atoms with van der Waals surface area (Å²) in [6, 6.07) is 10.5. The molecule has 1 amide bonds. The molecule has 1 heterocycles. The number of hydrogen-bond donors (Lipinski definition) is 1. The molecule has 106 valence electrons. The molecule has 2 aromatic rings. The Morgan fingerprint density at radius 3 is 2.90 bits per heavy atom. The van der Waals surface area contributed by atoms with E-state index in [-0.39, 0.29) is 18.0 Å². The minimum atomic E-state index is -0.326. The maximum absolute atomic E-state index is 11.8. The Morgan fingerprint density at radius 1 is 1.33 bits per heavy atom. The zero-order chi connectivity index (χ0) is 15.1. The third-order valence-electron chi connectivity index (χ3n) is 2.91. The highest BCUT2D eigenvalue weighted by atomic mass is 16.2. The van der Waals surface area contributed by atoms with E-state index in [1.807, 2.05) is 6.07 Å². The number of nitriles is 1. The number of nitrogens with zero attached hydrogens (tertiary/aromatic N) is 3. The second-order valence-corrected chi connectivity index (χ2v) is 4.40. The van der Waals surface area contributed by atoms with Crippen molar-refractivity contribution < 1.29 is 4.79 Å². The van der Waals surface area contributed by atoms with Crippen molar-refractivity contribution >= 4 is 11.6 Å². The van der Waals surface area contributed by atoms with Crippen molar-refractivity contribution in [3.63, 3.8) is 0 Å². The highest BCUT2D eigenvalue weighted by molar-refractivity contribution is 5.92. The van der Waals surface area contributed by atoms with E-state index >= 15 is 0 Å². The van der Waals surface area contributed by atoms with Gasteiger partial charge in [-0.3, -0.25) is 9.36 Å². The molecule has 0 aliphatic heterocycles. The van der Waals surface area contributed by atoms with Crippen molar-refractivity contribution in [2.24, 2.45) is 0 Å². The summed E-state index contributed by atoms with van der Waals surface area (Å²) in [4.78, 5) is 26.9. The van der Waals surface area contributed by atoms with E-state index in [9.17, 15) is 9.59 Å². The van der Waals surface area contributed by atoms with Gasteiger partial charge < -0.3 is 5.32 Å². The topological polar surface area (TPSA) is 87.8 Å². The minimum Gasteiger partial charge on any atom is -0.325 e. The molecule has 0 saturated carbocycles. The van der Waals surface area contributed by atoms with E-state index < -0.39 is 0 Å². The quantitative estimate of drug-likeness (QED) is 0.900. The summed E-state index contributed by atoms with van der Waals surface area (Å²) < 4.78 is 1.45. The molecular weight excluding hydrogens is 268 g/mol. The van der Waals surface area contributed by atoms with Crippen molar-refractivity contribution in [1.82, 2.24) is 9.55 Å². The first kappa shape index (κ1) is 14.5. The largest absolute Gasteiger partial charge is 0.347 e. The average molecular weight is 282 g/mol. The minimum absolute atomic E-state index is 0.186. The van der Waals surface area contributed by atoms with Crippen LogP contribution in [0.3, 0.4) is 0 Å². The Kier molecular flexibility index (Phi) is 4.83. The molecule has 0 aliphatic carbocycles. The summed E-state index contributed by atoms with van der Waals surface area (Å²) in [5, 5.41) is 11.6. The van der Waals surface area contributed by atoms with Gasteiger partial charge in [0.15, 0.2) is 0 Å². The van der Waals surface area contributed by atoms with E-state index in [2.05, 4.69) is 10.3 Å². The maximum atomic E-state index is 11.8. The highest BCUT2D eigenvalue weighted by Crippen LogP contribution is 2.13. The van der Waals surface area contributed by atoms with Crippen LogP contribution in [0.1, 0.15) is 18.4 Å². The van der Waals surface area contributed by atoms with Gasteiger partial charge in [0.1, 0.15) is 6.07 Å². The van der Waals surface area contributed by atoms with Gasteiger partial charge in [-0.15, -0.1) is 0 Å². The molecule has 6 nitrogen and oxygen atoms in total. The number of hydrogen-bond acceptors (Lipinski definition) is 4. The van der Waals surface area contributed by atoms with Crippen LogP contribution < -0.4 is 11.0 Å². The molecule has 0 unspecified atom stereocenters. The van der Waals surface area contributed by atoms with Crippen LogP contribution in [0.4, 0.5) is 5.69 Å². The van der Waals surface area contributed by atoms with E-state index in [0.29, 0.717) is 24.2 Å². The fraction of sp³-hybridized carbons (Fsp3) is 0.200. The molecule has 0 radical (unpaired) electrons. The summed E-state index contributed by atoms with van der Waals surface area (Å²) in [7, 11) is 0. The normalized spacial score (nSPS) is 9.86. The Balaban J connectivity index is 1.87. The average Bonchev–Trinajstić information content (AvgIpc) is 2.50. The molecule has 0 fully saturated rings. The second-order valence-electron chi connectivity index (χ2n) is 4.40. The van der Waals surface area contributed by atoms with E-state index in [1.54, 1.807) is 36.5 Å². The van der Waals surface area contributed by atoms with Crippen molar-refractivity contribution in [3.05, 3.63) is 58.8 Å². The van der Waals surface area contributed by atoms with Crippen molar-refractivity contribution in [1.29, 1.82) is 5.26 Å². The van der Waals surface area contributed by atoms with E-state index in [0.717, 1.165) is 0 Å². The lowest BCUT2D eigenvalue weighted by atomic mass is 10.2. The molecule has 6 heteroatoms.